The third kappa shape index (κ3) is 1.01. The van der Waals surface area contributed by atoms with Crippen LogP contribution in [0.25, 0.3) is 5.32 Å². The monoisotopic (exact) mass is 114 g/mol. The van der Waals surface area contributed by atoms with Gasteiger partial charge >= 0.3 is 0 Å². The lowest BCUT2D eigenvalue weighted by atomic mass is 9.89. The van der Waals surface area contributed by atoms with Crippen LogP contribution < -0.4 is 0 Å². The quantitative estimate of drug-likeness (QED) is 0.525. The second kappa shape index (κ2) is 2.03. The summed E-state index contributed by atoms with van der Waals surface area (Å²) in [5.41, 5.74) is 0.384. The summed E-state index contributed by atoms with van der Waals surface area (Å²) >= 11 is 0. The van der Waals surface area contributed by atoms with Crippen molar-refractivity contribution in [1.82, 2.24) is 0 Å². The molecule has 1 fully saturated rings. The standard InChI is InChI=1S/C6H12NO/c1-6(3-7-2)4-8-5-6/h3-5H2,1-2H3/q-1. The zero-order valence-electron chi connectivity index (χ0n) is 5.48. The van der Waals surface area contributed by atoms with Gasteiger partial charge < -0.3 is 10.1 Å². The molecule has 48 valence electrons. The van der Waals surface area contributed by atoms with Crippen molar-refractivity contribution < 1.29 is 4.74 Å². The van der Waals surface area contributed by atoms with Gasteiger partial charge in [0.2, 0.25) is 0 Å². The van der Waals surface area contributed by atoms with Crippen molar-refractivity contribution in [3.05, 3.63) is 5.32 Å². The normalized spacial score (nSPS) is 24.8. The zero-order valence-corrected chi connectivity index (χ0v) is 5.48. The zero-order chi connectivity index (χ0) is 6.04. The van der Waals surface area contributed by atoms with Crippen LogP contribution in [-0.4, -0.2) is 26.8 Å². The average molecular weight is 114 g/mol. The fraction of sp³-hybridized carbons (Fsp3) is 1.00. The lowest BCUT2D eigenvalue weighted by Gasteiger charge is -2.42. The molecular formula is C6H12NO-. The molecule has 0 N–H and O–H groups in total. The second-order valence-corrected chi connectivity index (χ2v) is 2.78. The molecule has 0 saturated carbocycles. The summed E-state index contributed by atoms with van der Waals surface area (Å²) in [6, 6.07) is 0. The molecule has 1 aliphatic heterocycles. The summed E-state index contributed by atoms with van der Waals surface area (Å²) in [4.78, 5) is 0. The van der Waals surface area contributed by atoms with Gasteiger partial charge in [-0.2, -0.15) is 7.05 Å². The minimum atomic E-state index is 0.384. The van der Waals surface area contributed by atoms with E-state index in [0.717, 1.165) is 19.8 Å². The minimum Gasteiger partial charge on any atom is -0.664 e. The second-order valence-electron chi connectivity index (χ2n) is 2.78. The fourth-order valence-corrected chi connectivity index (χ4v) is 0.924. The van der Waals surface area contributed by atoms with E-state index in [1.165, 1.54) is 0 Å². The van der Waals surface area contributed by atoms with E-state index < -0.39 is 0 Å². The number of hydrogen-bond acceptors (Lipinski definition) is 1. The Hall–Kier alpha value is -0.0800. The molecule has 0 unspecified atom stereocenters. The molecule has 0 aromatic rings. The van der Waals surface area contributed by atoms with Gasteiger partial charge in [-0.25, -0.2) is 0 Å². The molecule has 2 heteroatoms. The van der Waals surface area contributed by atoms with E-state index in [1.807, 2.05) is 7.05 Å². The summed E-state index contributed by atoms with van der Waals surface area (Å²) in [5.74, 6) is 0. The first-order valence-electron chi connectivity index (χ1n) is 2.90. The molecule has 0 bridgehead atoms. The molecule has 1 aliphatic rings. The predicted molar refractivity (Wildman–Crippen MR) is 33.1 cm³/mol. The first-order valence-corrected chi connectivity index (χ1v) is 2.90. The SMILES string of the molecule is C[N-]CC1(C)COC1. The smallest absolute Gasteiger partial charge is 0.0525 e. The van der Waals surface area contributed by atoms with Crippen LogP contribution in [0.2, 0.25) is 0 Å². The molecule has 0 aromatic carbocycles. The lowest BCUT2D eigenvalue weighted by Crippen LogP contribution is -2.42. The van der Waals surface area contributed by atoms with Crippen LogP contribution in [0.1, 0.15) is 6.92 Å². The molecule has 0 atom stereocenters. The van der Waals surface area contributed by atoms with Crippen molar-refractivity contribution in [3.8, 4) is 0 Å². The van der Waals surface area contributed by atoms with Crippen molar-refractivity contribution in [2.45, 2.75) is 6.92 Å². The number of hydrogen-bond donors (Lipinski definition) is 0. The Balaban J connectivity index is 2.20. The molecule has 2 nitrogen and oxygen atoms in total. The molecule has 0 aromatic heterocycles. The maximum Gasteiger partial charge on any atom is 0.0525 e. The maximum atomic E-state index is 5.03. The summed E-state index contributed by atoms with van der Waals surface area (Å²) in [6.07, 6.45) is 0. The van der Waals surface area contributed by atoms with Crippen LogP contribution in [-0.2, 0) is 4.74 Å². The Bertz CT molecular complexity index is 78.6. The molecule has 0 radical (unpaired) electrons. The topological polar surface area (TPSA) is 23.3 Å². The van der Waals surface area contributed by atoms with E-state index >= 15 is 0 Å². The van der Waals surface area contributed by atoms with Gasteiger partial charge in [0.05, 0.1) is 13.2 Å². The van der Waals surface area contributed by atoms with Crippen LogP contribution >= 0.6 is 0 Å². The van der Waals surface area contributed by atoms with E-state index in [-0.39, 0.29) is 0 Å². The van der Waals surface area contributed by atoms with E-state index in [1.54, 1.807) is 0 Å². The third-order valence-electron chi connectivity index (χ3n) is 1.44. The lowest BCUT2D eigenvalue weighted by molar-refractivity contribution is -0.0914. The number of rotatable bonds is 2. The third-order valence-corrected chi connectivity index (χ3v) is 1.44. The highest BCUT2D eigenvalue weighted by Gasteiger charge is 2.28. The van der Waals surface area contributed by atoms with Crippen molar-refractivity contribution in [2.24, 2.45) is 5.41 Å². The maximum absolute atomic E-state index is 5.03. The van der Waals surface area contributed by atoms with E-state index in [0.29, 0.717) is 5.41 Å². The molecule has 1 saturated heterocycles. The molecule has 0 spiro atoms. The molecular weight excluding hydrogens is 102 g/mol. The summed E-state index contributed by atoms with van der Waals surface area (Å²) < 4.78 is 5.03. The van der Waals surface area contributed by atoms with Gasteiger partial charge in [-0.1, -0.05) is 6.92 Å². The van der Waals surface area contributed by atoms with Gasteiger partial charge in [-0.3, -0.25) is 0 Å². The highest BCUT2D eigenvalue weighted by atomic mass is 16.5. The summed E-state index contributed by atoms with van der Waals surface area (Å²) in [5, 5.41) is 4.05. The van der Waals surface area contributed by atoms with Crippen LogP contribution in [0.15, 0.2) is 0 Å². The Morgan fingerprint density at radius 3 is 2.38 bits per heavy atom. The molecule has 8 heavy (non-hydrogen) atoms. The van der Waals surface area contributed by atoms with Gasteiger partial charge in [0.15, 0.2) is 0 Å². The largest absolute Gasteiger partial charge is 0.664 e. The van der Waals surface area contributed by atoms with Crippen LogP contribution in [0, 0.1) is 5.41 Å². The van der Waals surface area contributed by atoms with E-state index in [2.05, 4.69) is 12.2 Å². The van der Waals surface area contributed by atoms with Crippen LogP contribution in [0.4, 0.5) is 0 Å². The van der Waals surface area contributed by atoms with Gasteiger partial charge in [-0.15, -0.1) is 6.54 Å². The van der Waals surface area contributed by atoms with Gasteiger partial charge in [-0.05, 0) is 5.41 Å². The number of ether oxygens (including phenoxy) is 1. The Kier molecular flexibility index (Phi) is 1.54. The highest BCUT2D eigenvalue weighted by molar-refractivity contribution is 4.91. The predicted octanol–water partition coefficient (Wildman–Crippen LogP) is 1.03. The molecule has 0 amide bonds. The van der Waals surface area contributed by atoms with Gasteiger partial charge in [0, 0.05) is 0 Å². The van der Waals surface area contributed by atoms with E-state index in [9.17, 15) is 0 Å². The summed E-state index contributed by atoms with van der Waals surface area (Å²) in [6.45, 7) is 4.94. The van der Waals surface area contributed by atoms with Crippen molar-refractivity contribution in [2.75, 3.05) is 26.8 Å². The van der Waals surface area contributed by atoms with Gasteiger partial charge in [0.1, 0.15) is 0 Å². The Morgan fingerprint density at radius 1 is 1.62 bits per heavy atom. The fourth-order valence-electron chi connectivity index (χ4n) is 0.924. The highest BCUT2D eigenvalue weighted by Crippen LogP contribution is 2.27. The minimum absolute atomic E-state index is 0.384. The van der Waals surface area contributed by atoms with Crippen molar-refractivity contribution >= 4 is 0 Å². The van der Waals surface area contributed by atoms with Crippen LogP contribution in [0.5, 0.6) is 0 Å². The van der Waals surface area contributed by atoms with Gasteiger partial charge in [0.25, 0.3) is 0 Å². The molecule has 1 rings (SSSR count). The number of nitrogens with zero attached hydrogens (tertiary/aromatic N) is 1. The Morgan fingerprint density at radius 2 is 2.25 bits per heavy atom. The van der Waals surface area contributed by atoms with Crippen LogP contribution in [0.3, 0.4) is 0 Å². The van der Waals surface area contributed by atoms with Crippen molar-refractivity contribution in [1.29, 1.82) is 0 Å². The first kappa shape index (κ1) is 6.05. The molecule has 1 heterocycles. The van der Waals surface area contributed by atoms with Crippen molar-refractivity contribution in [3.63, 3.8) is 0 Å². The molecule has 0 aliphatic carbocycles. The summed E-state index contributed by atoms with van der Waals surface area (Å²) in [7, 11) is 1.85. The Labute approximate surface area is 50.2 Å². The first-order chi connectivity index (χ1) is 3.77. The van der Waals surface area contributed by atoms with E-state index in [4.69, 9.17) is 4.74 Å². The average Bonchev–Trinajstić information content (AvgIpc) is 1.64.